The molecule has 1 heterocycles. The van der Waals surface area contributed by atoms with Crippen LogP contribution in [0.15, 0.2) is 0 Å². The quantitative estimate of drug-likeness (QED) is 0.664. The third kappa shape index (κ3) is 1.91. The van der Waals surface area contributed by atoms with Crippen LogP contribution in [-0.2, 0) is 9.53 Å². The largest absolute Gasteiger partial charge is 0.379 e. The molecule has 0 spiro atoms. The molecule has 1 aliphatic heterocycles. The first-order valence-corrected chi connectivity index (χ1v) is 5.27. The summed E-state index contributed by atoms with van der Waals surface area (Å²) in [6.45, 7) is 3.94. The van der Waals surface area contributed by atoms with Crippen molar-refractivity contribution in [2.75, 3.05) is 19.8 Å². The zero-order valence-corrected chi connectivity index (χ0v) is 8.58. The zero-order chi connectivity index (χ0) is 10.2. The van der Waals surface area contributed by atoms with Gasteiger partial charge < -0.3 is 15.8 Å². The van der Waals surface area contributed by atoms with Gasteiger partial charge in [0.25, 0.3) is 0 Å². The Morgan fingerprint density at radius 3 is 2.93 bits per heavy atom. The van der Waals surface area contributed by atoms with E-state index in [-0.39, 0.29) is 5.91 Å². The van der Waals surface area contributed by atoms with Crippen molar-refractivity contribution in [2.24, 2.45) is 17.6 Å². The number of nitrogens with two attached hydrogens (primary N) is 1. The summed E-state index contributed by atoms with van der Waals surface area (Å²) in [5.74, 6) is 1.39. The summed E-state index contributed by atoms with van der Waals surface area (Å²) in [5, 5.41) is 2.91. The van der Waals surface area contributed by atoms with Gasteiger partial charge in [0.05, 0.1) is 6.61 Å². The molecule has 1 saturated heterocycles. The van der Waals surface area contributed by atoms with Crippen LogP contribution in [-0.4, -0.2) is 31.2 Å². The van der Waals surface area contributed by atoms with Crippen LogP contribution in [0.3, 0.4) is 0 Å². The van der Waals surface area contributed by atoms with Crippen LogP contribution in [0.5, 0.6) is 0 Å². The fraction of sp³-hybridized carbons (Fsp3) is 0.900. The lowest BCUT2D eigenvalue weighted by atomic mass is 9.99. The highest BCUT2D eigenvalue weighted by Gasteiger charge is 2.39. The average Bonchev–Trinajstić information content (AvgIpc) is 2.65. The summed E-state index contributed by atoms with van der Waals surface area (Å²) in [7, 11) is 0. The van der Waals surface area contributed by atoms with Gasteiger partial charge in [0.2, 0.25) is 5.91 Å². The maximum absolute atomic E-state index is 11.7. The molecule has 3 N–H and O–H groups in total. The normalized spacial score (nSPS) is 41.0. The first kappa shape index (κ1) is 9.93. The number of ether oxygens (including phenoxy) is 1. The summed E-state index contributed by atoms with van der Waals surface area (Å²) in [4.78, 5) is 11.7. The molecule has 1 saturated carbocycles. The second kappa shape index (κ2) is 3.51. The third-order valence-corrected chi connectivity index (χ3v) is 3.31. The van der Waals surface area contributed by atoms with Crippen LogP contribution in [0.1, 0.15) is 19.8 Å². The van der Waals surface area contributed by atoms with Crippen LogP contribution in [0.4, 0.5) is 0 Å². The number of rotatable bonds is 3. The predicted molar refractivity (Wildman–Crippen MR) is 52.6 cm³/mol. The number of hydrogen-bond donors (Lipinski definition) is 2. The summed E-state index contributed by atoms with van der Waals surface area (Å²) in [5.41, 5.74) is 5.14. The van der Waals surface area contributed by atoms with Gasteiger partial charge in [-0.1, -0.05) is 6.92 Å². The predicted octanol–water partition coefficient (Wildman–Crippen LogP) is -0.124. The molecule has 80 valence electrons. The van der Waals surface area contributed by atoms with Crippen molar-refractivity contribution in [3.05, 3.63) is 0 Å². The van der Waals surface area contributed by atoms with E-state index >= 15 is 0 Å². The molecular formula is C10H18N2O2. The van der Waals surface area contributed by atoms with Crippen LogP contribution in [0.2, 0.25) is 0 Å². The SMILES string of the molecule is CC1CC1CNC(=O)C1(N)CCOC1. The molecule has 0 bridgehead atoms. The Morgan fingerprint density at radius 2 is 2.43 bits per heavy atom. The van der Waals surface area contributed by atoms with Gasteiger partial charge in [0, 0.05) is 13.2 Å². The Hall–Kier alpha value is -0.610. The maximum atomic E-state index is 11.7. The summed E-state index contributed by atoms with van der Waals surface area (Å²) >= 11 is 0. The Balaban J connectivity index is 1.77. The van der Waals surface area contributed by atoms with Crippen molar-refractivity contribution in [1.29, 1.82) is 0 Å². The van der Waals surface area contributed by atoms with E-state index < -0.39 is 5.54 Å². The third-order valence-electron chi connectivity index (χ3n) is 3.31. The molecule has 3 unspecified atom stereocenters. The van der Waals surface area contributed by atoms with E-state index in [4.69, 9.17) is 10.5 Å². The summed E-state index contributed by atoms with van der Waals surface area (Å²) in [6, 6.07) is 0. The fourth-order valence-corrected chi connectivity index (χ4v) is 1.84. The molecular weight excluding hydrogens is 180 g/mol. The Kier molecular flexibility index (Phi) is 2.49. The smallest absolute Gasteiger partial charge is 0.242 e. The second-order valence-corrected chi connectivity index (χ2v) is 4.64. The lowest BCUT2D eigenvalue weighted by molar-refractivity contribution is -0.126. The zero-order valence-electron chi connectivity index (χ0n) is 8.58. The molecule has 0 aromatic heterocycles. The average molecular weight is 198 g/mol. The van der Waals surface area contributed by atoms with Gasteiger partial charge in [0.15, 0.2) is 0 Å². The molecule has 4 nitrogen and oxygen atoms in total. The minimum absolute atomic E-state index is 0.0471. The van der Waals surface area contributed by atoms with Crippen molar-refractivity contribution in [1.82, 2.24) is 5.32 Å². The van der Waals surface area contributed by atoms with E-state index in [1.807, 2.05) is 0 Å². The van der Waals surface area contributed by atoms with E-state index in [9.17, 15) is 4.79 Å². The van der Waals surface area contributed by atoms with Crippen molar-refractivity contribution < 1.29 is 9.53 Å². The summed E-state index contributed by atoms with van der Waals surface area (Å²) in [6.07, 6.45) is 1.87. The van der Waals surface area contributed by atoms with Crippen LogP contribution in [0, 0.1) is 11.8 Å². The first-order valence-electron chi connectivity index (χ1n) is 5.27. The molecule has 3 atom stereocenters. The van der Waals surface area contributed by atoms with Gasteiger partial charge >= 0.3 is 0 Å². The van der Waals surface area contributed by atoms with Gasteiger partial charge in [0.1, 0.15) is 5.54 Å². The minimum atomic E-state index is -0.766. The van der Waals surface area contributed by atoms with Gasteiger partial charge in [-0.15, -0.1) is 0 Å². The van der Waals surface area contributed by atoms with Gasteiger partial charge in [-0.05, 0) is 24.7 Å². The molecule has 1 amide bonds. The highest BCUT2D eigenvalue weighted by Crippen LogP contribution is 2.36. The van der Waals surface area contributed by atoms with Gasteiger partial charge in [-0.3, -0.25) is 4.79 Å². The van der Waals surface area contributed by atoms with Gasteiger partial charge in [-0.2, -0.15) is 0 Å². The Morgan fingerprint density at radius 1 is 1.71 bits per heavy atom. The van der Waals surface area contributed by atoms with E-state index in [0.29, 0.717) is 25.6 Å². The highest BCUT2D eigenvalue weighted by atomic mass is 16.5. The monoisotopic (exact) mass is 198 g/mol. The molecule has 1 aliphatic carbocycles. The Bertz CT molecular complexity index is 236. The second-order valence-electron chi connectivity index (χ2n) is 4.64. The van der Waals surface area contributed by atoms with Crippen LogP contribution in [0.25, 0.3) is 0 Å². The maximum Gasteiger partial charge on any atom is 0.242 e. The molecule has 2 fully saturated rings. The lowest BCUT2D eigenvalue weighted by Crippen LogP contribution is -2.54. The Labute approximate surface area is 84.2 Å². The fourth-order valence-electron chi connectivity index (χ4n) is 1.84. The number of nitrogens with one attached hydrogen (secondary N) is 1. The van der Waals surface area contributed by atoms with Crippen LogP contribution < -0.4 is 11.1 Å². The first-order chi connectivity index (χ1) is 6.62. The lowest BCUT2D eigenvalue weighted by Gasteiger charge is -2.20. The van der Waals surface area contributed by atoms with E-state index in [1.165, 1.54) is 6.42 Å². The standard InChI is InChI=1S/C10H18N2O2/c1-7-4-8(7)5-12-9(13)10(11)2-3-14-6-10/h7-8H,2-6,11H2,1H3,(H,12,13). The van der Waals surface area contributed by atoms with E-state index in [0.717, 1.165) is 12.5 Å². The molecule has 0 radical (unpaired) electrons. The highest BCUT2D eigenvalue weighted by molar-refractivity contribution is 5.86. The number of amides is 1. The van der Waals surface area contributed by atoms with Gasteiger partial charge in [-0.25, -0.2) is 0 Å². The molecule has 14 heavy (non-hydrogen) atoms. The van der Waals surface area contributed by atoms with Crippen molar-refractivity contribution in [2.45, 2.75) is 25.3 Å². The molecule has 2 rings (SSSR count). The van der Waals surface area contributed by atoms with Crippen LogP contribution >= 0.6 is 0 Å². The molecule has 0 aromatic rings. The number of hydrogen-bond acceptors (Lipinski definition) is 3. The number of carbonyl (C=O) groups excluding carboxylic acids is 1. The summed E-state index contributed by atoms with van der Waals surface area (Å²) < 4.78 is 5.14. The topological polar surface area (TPSA) is 64.4 Å². The number of carbonyl (C=O) groups is 1. The van der Waals surface area contributed by atoms with E-state index in [1.54, 1.807) is 0 Å². The molecule has 0 aromatic carbocycles. The molecule has 4 heteroatoms. The van der Waals surface area contributed by atoms with Crippen molar-refractivity contribution >= 4 is 5.91 Å². The molecule has 2 aliphatic rings. The van der Waals surface area contributed by atoms with E-state index in [2.05, 4.69) is 12.2 Å². The van der Waals surface area contributed by atoms with Crippen molar-refractivity contribution in [3.8, 4) is 0 Å². The van der Waals surface area contributed by atoms with Crippen molar-refractivity contribution in [3.63, 3.8) is 0 Å². The minimum Gasteiger partial charge on any atom is -0.379 e.